The van der Waals surface area contributed by atoms with Crippen LogP contribution in [0.1, 0.15) is 24.5 Å². The van der Waals surface area contributed by atoms with E-state index >= 15 is 0 Å². The minimum absolute atomic E-state index is 0.0299. The third kappa shape index (κ3) is 9.14. The third-order valence-corrected chi connectivity index (χ3v) is 3.84. The van der Waals surface area contributed by atoms with E-state index in [9.17, 15) is 22.4 Å². The van der Waals surface area contributed by atoms with Gasteiger partial charge in [-0.1, -0.05) is 29.3 Å². The average molecular weight is 459 g/mol. The zero-order valence-corrected chi connectivity index (χ0v) is 16.2. The summed E-state index contributed by atoms with van der Waals surface area (Å²) in [6, 6.07) is 4.99. The molecule has 1 atom stereocenters. The Morgan fingerprint density at radius 1 is 1.28 bits per heavy atom. The van der Waals surface area contributed by atoms with Crippen LogP contribution in [0.2, 0.25) is 10.0 Å². The minimum Gasteiger partial charge on any atom is -0.475 e. The van der Waals surface area contributed by atoms with Gasteiger partial charge in [-0.25, -0.2) is 9.78 Å². The number of alkyl halides is 4. The van der Waals surface area contributed by atoms with Crippen molar-refractivity contribution in [1.29, 1.82) is 0 Å². The lowest BCUT2D eigenvalue weighted by atomic mass is 10.1. The van der Waals surface area contributed by atoms with Gasteiger partial charge in [-0.15, -0.1) is 0 Å². The number of carbonyl (C=O) groups is 2. The third-order valence-electron chi connectivity index (χ3n) is 3.28. The molecule has 12 heteroatoms. The summed E-state index contributed by atoms with van der Waals surface area (Å²) in [5.41, 5.74) is 0.647. The Labute approximate surface area is 173 Å². The SMILES string of the molecule is O=C(CCCF)OC(Cn1ccnc1)c1ccc(Cl)cc1Cl.O=C(O)C(F)(F)F. The average Bonchev–Trinajstić information content (AvgIpc) is 3.12. The highest BCUT2D eigenvalue weighted by Crippen LogP contribution is 2.30. The first-order chi connectivity index (χ1) is 13.5. The molecule has 0 amide bonds. The van der Waals surface area contributed by atoms with Crippen LogP contribution in [0.5, 0.6) is 0 Å². The molecule has 2 aromatic rings. The van der Waals surface area contributed by atoms with Crippen LogP contribution in [0, 0.1) is 0 Å². The molecule has 2 rings (SSSR count). The molecular weight excluding hydrogens is 443 g/mol. The Bertz CT molecular complexity index is 801. The van der Waals surface area contributed by atoms with Gasteiger partial charge >= 0.3 is 18.1 Å². The summed E-state index contributed by atoms with van der Waals surface area (Å²) >= 11 is 12.1. The highest BCUT2D eigenvalue weighted by Gasteiger charge is 2.38. The molecule has 0 aliphatic heterocycles. The largest absolute Gasteiger partial charge is 0.490 e. The number of aromatic nitrogens is 2. The van der Waals surface area contributed by atoms with E-state index in [-0.39, 0.29) is 12.8 Å². The van der Waals surface area contributed by atoms with E-state index in [0.717, 1.165) is 0 Å². The van der Waals surface area contributed by atoms with Crippen LogP contribution in [0.4, 0.5) is 17.6 Å². The van der Waals surface area contributed by atoms with Crippen molar-refractivity contribution in [2.75, 3.05) is 6.67 Å². The number of hydrogen-bond donors (Lipinski definition) is 1. The summed E-state index contributed by atoms with van der Waals surface area (Å²) in [6.07, 6.45) is -0.497. The smallest absolute Gasteiger partial charge is 0.475 e. The number of rotatable bonds is 7. The van der Waals surface area contributed by atoms with Gasteiger partial charge in [0, 0.05) is 34.4 Å². The number of imidazole rings is 1. The standard InChI is InChI=1S/C15H15Cl2FN2O2.C2HF3O2/c16-11-3-4-12(13(17)8-11)14(9-20-7-6-19-10-20)22-15(21)2-1-5-18;3-2(4,5)1(6)7/h3-4,6-8,10,14H,1-2,5,9H2;(H,6,7). The second-order valence-corrected chi connectivity index (χ2v) is 6.34. The Morgan fingerprint density at radius 2 is 1.93 bits per heavy atom. The normalized spacial score (nSPS) is 11.9. The molecule has 1 heterocycles. The van der Waals surface area contributed by atoms with Gasteiger partial charge in [0.25, 0.3) is 0 Å². The molecule has 0 saturated heterocycles. The van der Waals surface area contributed by atoms with E-state index in [4.69, 9.17) is 37.8 Å². The fourth-order valence-electron chi connectivity index (χ4n) is 1.98. The molecule has 1 N–H and O–H groups in total. The minimum atomic E-state index is -5.08. The van der Waals surface area contributed by atoms with Gasteiger partial charge in [0.05, 0.1) is 19.5 Å². The number of ether oxygens (including phenoxy) is 1. The summed E-state index contributed by atoms with van der Waals surface area (Å²) in [5.74, 6) is -3.22. The number of carboxylic acids is 1. The number of benzene rings is 1. The van der Waals surface area contributed by atoms with Gasteiger partial charge in [0.15, 0.2) is 0 Å². The molecule has 0 radical (unpaired) electrons. The van der Waals surface area contributed by atoms with Crippen molar-refractivity contribution in [2.24, 2.45) is 0 Å². The van der Waals surface area contributed by atoms with Crippen LogP contribution in [0.25, 0.3) is 0 Å². The van der Waals surface area contributed by atoms with Crippen molar-refractivity contribution in [3.63, 3.8) is 0 Å². The lowest BCUT2D eigenvalue weighted by molar-refractivity contribution is -0.192. The predicted octanol–water partition coefficient (Wildman–Crippen LogP) is 4.86. The monoisotopic (exact) mass is 458 g/mol. The highest BCUT2D eigenvalue weighted by atomic mass is 35.5. The van der Waals surface area contributed by atoms with Crippen LogP contribution < -0.4 is 0 Å². The molecule has 1 aromatic carbocycles. The molecule has 0 saturated carbocycles. The van der Waals surface area contributed by atoms with Gasteiger partial charge in [-0.3, -0.25) is 9.18 Å². The van der Waals surface area contributed by atoms with E-state index in [1.165, 1.54) is 0 Å². The lowest BCUT2D eigenvalue weighted by Gasteiger charge is -2.20. The number of esters is 1. The van der Waals surface area contributed by atoms with Crippen LogP contribution in [-0.4, -0.2) is 39.4 Å². The molecule has 29 heavy (non-hydrogen) atoms. The van der Waals surface area contributed by atoms with Crippen molar-refractivity contribution in [3.05, 3.63) is 52.5 Å². The van der Waals surface area contributed by atoms with Crippen LogP contribution in [0.15, 0.2) is 36.9 Å². The zero-order chi connectivity index (χ0) is 22.0. The second-order valence-electron chi connectivity index (χ2n) is 5.50. The molecule has 1 aromatic heterocycles. The van der Waals surface area contributed by atoms with E-state index in [0.29, 0.717) is 22.2 Å². The number of aliphatic carboxylic acids is 1. The van der Waals surface area contributed by atoms with Crippen LogP contribution in [0.3, 0.4) is 0 Å². The van der Waals surface area contributed by atoms with Crippen molar-refractivity contribution < 1.29 is 37.0 Å². The fraction of sp³-hybridized carbons (Fsp3) is 0.353. The Hall–Kier alpha value is -2.33. The summed E-state index contributed by atoms with van der Waals surface area (Å²) in [4.78, 5) is 24.7. The Balaban J connectivity index is 0.000000516. The van der Waals surface area contributed by atoms with Gasteiger partial charge in [0.1, 0.15) is 6.10 Å². The van der Waals surface area contributed by atoms with Crippen molar-refractivity contribution in [3.8, 4) is 0 Å². The van der Waals surface area contributed by atoms with E-state index in [2.05, 4.69) is 4.98 Å². The molecule has 0 aliphatic carbocycles. The predicted molar refractivity (Wildman–Crippen MR) is 96.4 cm³/mol. The van der Waals surface area contributed by atoms with Crippen molar-refractivity contribution in [1.82, 2.24) is 9.55 Å². The van der Waals surface area contributed by atoms with Crippen molar-refractivity contribution >= 4 is 35.1 Å². The summed E-state index contributed by atoms with van der Waals surface area (Å²) in [7, 11) is 0. The summed E-state index contributed by atoms with van der Waals surface area (Å²) < 4.78 is 51.1. The van der Waals surface area contributed by atoms with Gasteiger partial charge in [-0.2, -0.15) is 13.2 Å². The molecule has 0 fully saturated rings. The molecule has 6 nitrogen and oxygen atoms in total. The second kappa shape index (κ2) is 11.6. The number of nitrogens with zero attached hydrogens (tertiary/aromatic N) is 2. The maximum atomic E-state index is 12.2. The van der Waals surface area contributed by atoms with Crippen LogP contribution in [-0.2, 0) is 20.9 Å². The first-order valence-electron chi connectivity index (χ1n) is 8.00. The molecule has 1 unspecified atom stereocenters. The topological polar surface area (TPSA) is 81.4 Å². The number of halogens is 6. The maximum Gasteiger partial charge on any atom is 0.490 e. The molecule has 0 spiro atoms. The highest BCUT2D eigenvalue weighted by molar-refractivity contribution is 6.35. The Morgan fingerprint density at radius 3 is 2.41 bits per heavy atom. The van der Waals surface area contributed by atoms with E-state index in [1.807, 2.05) is 0 Å². The number of carboxylic acid groups (broad SMARTS) is 1. The molecular formula is C17H16Cl2F4N2O4. The van der Waals surface area contributed by atoms with Gasteiger partial charge < -0.3 is 14.4 Å². The lowest BCUT2D eigenvalue weighted by Crippen LogP contribution is -2.21. The number of carbonyl (C=O) groups excluding carboxylic acids is 1. The fourth-order valence-corrected chi connectivity index (χ4v) is 2.51. The van der Waals surface area contributed by atoms with E-state index < -0.39 is 30.9 Å². The number of hydrogen-bond acceptors (Lipinski definition) is 4. The zero-order valence-electron chi connectivity index (χ0n) is 14.7. The molecule has 0 aliphatic rings. The van der Waals surface area contributed by atoms with Crippen molar-refractivity contribution in [2.45, 2.75) is 31.7 Å². The van der Waals surface area contributed by atoms with Gasteiger partial charge in [-0.05, 0) is 18.6 Å². The first-order valence-corrected chi connectivity index (χ1v) is 8.76. The first kappa shape index (κ1) is 24.7. The van der Waals surface area contributed by atoms with Crippen LogP contribution >= 0.6 is 23.2 Å². The Kier molecular flexibility index (Phi) is 9.90. The van der Waals surface area contributed by atoms with E-state index in [1.54, 1.807) is 41.5 Å². The molecule has 0 bridgehead atoms. The van der Waals surface area contributed by atoms with Gasteiger partial charge in [0.2, 0.25) is 0 Å². The molecule has 160 valence electrons. The summed E-state index contributed by atoms with van der Waals surface area (Å²) in [6.45, 7) is -0.189. The maximum absolute atomic E-state index is 12.2. The summed E-state index contributed by atoms with van der Waals surface area (Å²) in [5, 5.41) is 8.04. The quantitative estimate of drug-likeness (QED) is 0.473.